The summed E-state index contributed by atoms with van der Waals surface area (Å²) in [7, 11) is 0. The molecule has 18 heavy (non-hydrogen) atoms. The summed E-state index contributed by atoms with van der Waals surface area (Å²) in [6, 6.07) is 0.908. The van der Waals surface area contributed by atoms with Gasteiger partial charge in [0.05, 0.1) is 10.6 Å². The zero-order valence-electron chi connectivity index (χ0n) is 10.7. The third-order valence-electron chi connectivity index (χ3n) is 2.82. The van der Waals surface area contributed by atoms with Gasteiger partial charge in [0.15, 0.2) is 0 Å². The van der Waals surface area contributed by atoms with Gasteiger partial charge in [0, 0.05) is 12.2 Å². The second-order valence-electron chi connectivity index (χ2n) is 5.28. The zero-order valence-corrected chi connectivity index (χ0v) is 11.4. The number of alkyl halides is 3. The quantitative estimate of drug-likeness (QED) is 0.856. The van der Waals surface area contributed by atoms with Gasteiger partial charge in [0.1, 0.15) is 5.82 Å². The molecular formula is C12H16ClF3N2. The van der Waals surface area contributed by atoms with Crippen molar-refractivity contribution < 1.29 is 13.2 Å². The van der Waals surface area contributed by atoms with Crippen LogP contribution in [0.3, 0.4) is 0 Å². The van der Waals surface area contributed by atoms with Crippen LogP contribution < -0.4 is 5.32 Å². The molecule has 0 aliphatic heterocycles. The number of nitrogens with zero attached hydrogens (tertiary/aromatic N) is 1. The highest BCUT2D eigenvalue weighted by Crippen LogP contribution is 2.33. The minimum atomic E-state index is -4.43. The first kappa shape index (κ1) is 15.1. The van der Waals surface area contributed by atoms with Crippen molar-refractivity contribution in [2.24, 2.45) is 5.41 Å². The molecule has 0 aromatic carbocycles. The van der Waals surface area contributed by atoms with Crippen LogP contribution in [0.2, 0.25) is 5.02 Å². The highest BCUT2D eigenvalue weighted by Gasteiger charge is 2.32. The van der Waals surface area contributed by atoms with E-state index in [2.05, 4.69) is 10.3 Å². The molecule has 0 saturated heterocycles. The first-order valence-corrected chi connectivity index (χ1v) is 5.89. The Hall–Kier alpha value is -0.970. The topological polar surface area (TPSA) is 24.9 Å². The van der Waals surface area contributed by atoms with E-state index in [-0.39, 0.29) is 22.3 Å². The monoisotopic (exact) mass is 280 g/mol. The Morgan fingerprint density at radius 2 is 1.83 bits per heavy atom. The van der Waals surface area contributed by atoms with E-state index in [0.29, 0.717) is 0 Å². The Balaban J connectivity index is 2.94. The van der Waals surface area contributed by atoms with E-state index < -0.39 is 11.7 Å². The molecular weight excluding hydrogens is 265 g/mol. The average molecular weight is 281 g/mol. The van der Waals surface area contributed by atoms with Gasteiger partial charge in [-0.2, -0.15) is 13.2 Å². The average Bonchev–Trinajstić information content (AvgIpc) is 2.17. The predicted molar refractivity (Wildman–Crippen MR) is 66.8 cm³/mol. The number of anilines is 1. The number of nitrogens with one attached hydrogen (secondary N) is 1. The number of aromatic nitrogens is 1. The molecule has 1 aromatic heterocycles. The third-order valence-corrected chi connectivity index (χ3v) is 3.11. The van der Waals surface area contributed by atoms with E-state index in [1.165, 1.54) is 0 Å². The molecule has 102 valence electrons. The molecule has 1 rings (SSSR count). The highest BCUT2D eigenvalue weighted by molar-refractivity contribution is 6.33. The van der Waals surface area contributed by atoms with E-state index in [1.54, 1.807) is 0 Å². The summed E-state index contributed by atoms with van der Waals surface area (Å²) < 4.78 is 37.3. The molecule has 0 fully saturated rings. The number of pyridine rings is 1. The molecule has 1 heterocycles. The normalized spacial score (nSPS) is 14.4. The second kappa shape index (κ2) is 4.96. The van der Waals surface area contributed by atoms with Gasteiger partial charge in [-0.3, -0.25) is 0 Å². The van der Waals surface area contributed by atoms with Crippen LogP contribution >= 0.6 is 11.6 Å². The maximum absolute atomic E-state index is 12.4. The van der Waals surface area contributed by atoms with Crippen LogP contribution in [0.4, 0.5) is 19.0 Å². The maximum atomic E-state index is 12.4. The van der Waals surface area contributed by atoms with Crippen molar-refractivity contribution in [2.75, 3.05) is 5.32 Å². The van der Waals surface area contributed by atoms with E-state index in [1.807, 2.05) is 27.7 Å². The smallest absolute Gasteiger partial charge is 0.366 e. The summed E-state index contributed by atoms with van der Waals surface area (Å²) in [6.45, 7) is 7.98. The molecule has 1 atom stereocenters. The lowest BCUT2D eigenvalue weighted by molar-refractivity contribution is -0.137. The fourth-order valence-corrected chi connectivity index (χ4v) is 1.34. The molecule has 6 heteroatoms. The first-order valence-electron chi connectivity index (χ1n) is 5.51. The number of halogens is 4. The Bertz CT molecular complexity index is 424. The molecule has 2 nitrogen and oxygen atoms in total. The van der Waals surface area contributed by atoms with Gasteiger partial charge in [-0.15, -0.1) is 0 Å². The molecule has 0 aliphatic carbocycles. The molecule has 1 aromatic rings. The van der Waals surface area contributed by atoms with Crippen LogP contribution in [0, 0.1) is 5.41 Å². The maximum Gasteiger partial charge on any atom is 0.417 e. The van der Waals surface area contributed by atoms with E-state index in [0.717, 1.165) is 12.3 Å². The first-order chi connectivity index (χ1) is 8.01. The number of hydrogen-bond donors (Lipinski definition) is 1. The van der Waals surface area contributed by atoms with Gasteiger partial charge in [-0.25, -0.2) is 4.98 Å². The minimum Gasteiger partial charge on any atom is -0.366 e. The van der Waals surface area contributed by atoms with Gasteiger partial charge in [-0.05, 0) is 18.4 Å². The van der Waals surface area contributed by atoms with Gasteiger partial charge >= 0.3 is 6.18 Å². The Kier molecular flexibility index (Phi) is 4.15. The van der Waals surface area contributed by atoms with Crippen molar-refractivity contribution in [3.05, 3.63) is 22.8 Å². The molecule has 0 aliphatic rings. The Labute approximate surface area is 110 Å². The molecule has 0 radical (unpaired) electrons. The molecule has 1 N–H and O–H groups in total. The van der Waals surface area contributed by atoms with Crippen LogP contribution in [-0.4, -0.2) is 11.0 Å². The van der Waals surface area contributed by atoms with Crippen molar-refractivity contribution in [3.8, 4) is 0 Å². The summed E-state index contributed by atoms with van der Waals surface area (Å²) >= 11 is 5.80. The minimum absolute atomic E-state index is 0.0269. The summed E-state index contributed by atoms with van der Waals surface area (Å²) in [5.41, 5.74) is -0.894. The largest absolute Gasteiger partial charge is 0.417 e. The highest BCUT2D eigenvalue weighted by atomic mass is 35.5. The van der Waals surface area contributed by atoms with E-state index >= 15 is 0 Å². The Morgan fingerprint density at radius 3 is 2.22 bits per heavy atom. The van der Waals surface area contributed by atoms with Crippen molar-refractivity contribution in [1.82, 2.24) is 4.98 Å². The lowest BCUT2D eigenvalue weighted by Gasteiger charge is -2.28. The molecule has 1 unspecified atom stereocenters. The van der Waals surface area contributed by atoms with Crippen LogP contribution in [0.25, 0.3) is 0 Å². The molecule has 0 bridgehead atoms. The van der Waals surface area contributed by atoms with Crippen molar-refractivity contribution >= 4 is 17.4 Å². The number of hydrogen-bond acceptors (Lipinski definition) is 2. The van der Waals surface area contributed by atoms with Crippen LogP contribution in [-0.2, 0) is 6.18 Å². The van der Waals surface area contributed by atoms with Crippen LogP contribution in [0.1, 0.15) is 33.3 Å². The van der Waals surface area contributed by atoms with Gasteiger partial charge in [-0.1, -0.05) is 32.4 Å². The van der Waals surface area contributed by atoms with Gasteiger partial charge in [0.25, 0.3) is 0 Å². The molecule has 0 amide bonds. The van der Waals surface area contributed by atoms with Crippen molar-refractivity contribution in [1.29, 1.82) is 0 Å². The van der Waals surface area contributed by atoms with Crippen molar-refractivity contribution in [3.63, 3.8) is 0 Å². The summed E-state index contributed by atoms with van der Waals surface area (Å²) in [5.74, 6) is 0.270. The lowest BCUT2D eigenvalue weighted by Crippen LogP contribution is -2.31. The zero-order chi connectivity index (χ0) is 14.1. The van der Waals surface area contributed by atoms with E-state index in [4.69, 9.17) is 11.6 Å². The fourth-order valence-electron chi connectivity index (χ4n) is 1.12. The SMILES string of the molecule is CC(Nc1ncc(C(F)(F)F)cc1Cl)C(C)(C)C. The second-order valence-corrected chi connectivity index (χ2v) is 5.69. The lowest BCUT2D eigenvalue weighted by atomic mass is 9.88. The summed E-state index contributed by atoms with van der Waals surface area (Å²) in [5, 5.41) is 2.99. The summed E-state index contributed by atoms with van der Waals surface area (Å²) in [4.78, 5) is 3.74. The van der Waals surface area contributed by atoms with E-state index in [9.17, 15) is 13.2 Å². The molecule has 0 saturated carbocycles. The fraction of sp³-hybridized carbons (Fsp3) is 0.583. The Morgan fingerprint density at radius 1 is 1.28 bits per heavy atom. The van der Waals surface area contributed by atoms with Crippen LogP contribution in [0.15, 0.2) is 12.3 Å². The standard InChI is InChI=1S/C12H16ClF3N2/c1-7(11(2,3)4)18-10-9(13)5-8(6-17-10)12(14,15)16/h5-7H,1-4H3,(H,17,18). The predicted octanol–water partition coefficient (Wildman–Crippen LogP) is 4.60. The van der Waals surface area contributed by atoms with Gasteiger partial charge < -0.3 is 5.32 Å². The molecule has 0 spiro atoms. The van der Waals surface area contributed by atoms with Crippen molar-refractivity contribution in [2.45, 2.75) is 39.9 Å². The van der Waals surface area contributed by atoms with Gasteiger partial charge in [0.2, 0.25) is 0 Å². The summed E-state index contributed by atoms with van der Waals surface area (Å²) in [6.07, 6.45) is -3.64. The number of rotatable bonds is 2. The van der Waals surface area contributed by atoms with Crippen LogP contribution in [0.5, 0.6) is 0 Å². The third kappa shape index (κ3) is 3.77.